The zero-order valence-electron chi connectivity index (χ0n) is 8.49. The van der Waals surface area contributed by atoms with E-state index in [0.29, 0.717) is 19.5 Å². The van der Waals surface area contributed by atoms with Crippen LogP contribution in [0.1, 0.15) is 20.3 Å². The molecule has 0 aromatic rings. The molecule has 0 aromatic heterocycles. The number of aliphatic carboxylic acids is 1. The summed E-state index contributed by atoms with van der Waals surface area (Å²) in [4.78, 5) is 23.9. The van der Waals surface area contributed by atoms with Gasteiger partial charge >= 0.3 is 5.97 Å². The van der Waals surface area contributed by atoms with Crippen molar-refractivity contribution in [2.24, 2.45) is 0 Å². The van der Waals surface area contributed by atoms with E-state index in [1.165, 1.54) is 0 Å². The van der Waals surface area contributed by atoms with Gasteiger partial charge in [0.2, 0.25) is 5.91 Å². The maximum atomic E-state index is 11.5. The van der Waals surface area contributed by atoms with Crippen molar-refractivity contribution in [1.82, 2.24) is 10.2 Å². The standard InChI is InChI=1S/C9H16N2O3/c1-3-7(12)11-5-4-10-8(6(11)2)9(13)14/h6,8,10H,3-5H2,1-2H3,(H,13,14). The van der Waals surface area contributed by atoms with Gasteiger partial charge in [0.1, 0.15) is 6.04 Å². The number of hydrogen-bond donors (Lipinski definition) is 2. The quantitative estimate of drug-likeness (QED) is 0.640. The van der Waals surface area contributed by atoms with Gasteiger partial charge in [0, 0.05) is 19.5 Å². The summed E-state index contributed by atoms with van der Waals surface area (Å²) in [5.74, 6) is -0.878. The number of carboxylic acids is 1. The maximum absolute atomic E-state index is 11.5. The van der Waals surface area contributed by atoms with Gasteiger partial charge in [-0.15, -0.1) is 0 Å². The molecule has 5 nitrogen and oxygen atoms in total. The number of carbonyl (C=O) groups is 2. The third-order valence-electron chi connectivity index (χ3n) is 2.58. The van der Waals surface area contributed by atoms with Gasteiger partial charge in [-0.3, -0.25) is 9.59 Å². The highest BCUT2D eigenvalue weighted by atomic mass is 16.4. The van der Waals surface area contributed by atoms with Gasteiger partial charge in [-0.2, -0.15) is 0 Å². The maximum Gasteiger partial charge on any atom is 0.322 e. The Kier molecular flexibility index (Phi) is 3.46. The van der Waals surface area contributed by atoms with Gasteiger partial charge in [-0.1, -0.05) is 6.92 Å². The van der Waals surface area contributed by atoms with Crippen molar-refractivity contribution >= 4 is 11.9 Å². The molecule has 2 atom stereocenters. The molecule has 80 valence electrons. The number of hydrogen-bond acceptors (Lipinski definition) is 3. The topological polar surface area (TPSA) is 69.6 Å². The molecule has 0 aromatic carbocycles. The van der Waals surface area contributed by atoms with Gasteiger partial charge < -0.3 is 15.3 Å². The van der Waals surface area contributed by atoms with E-state index in [0.717, 1.165) is 0 Å². The lowest BCUT2D eigenvalue weighted by atomic mass is 10.1. The first-order chi connectivity index (χ1) is 6.57. The Labute approximate surface area is 83.1 Å². The van der Waals surface area contributed by atoms with Crippen molar-refractivity contribution in [1.29, 1.82) is 0 Å². The summed E-state index contributed by atoms with van der Waals surface area (Å²) in [6, 6.07) is -0.909. The fourth-order valence-corrected chi connectivity index (χ4v) is 1.74. The Balaban J connectivity index is 2.70. The molecule has 5 heteroatoms. The van der Waals surface area contributed by atoms with Crippen molar-refractivity contribution in [2.45, 2.75) is 32.4 Å². The van der Waals surface area contributed by atoms with E-state index in [-0.39, 0.29) is 11.9 Å². The van der Waals surface area contributed by atoms with Crippen LogP contribution in [0.3, 0.4) is 0 Å². The lowest BCUT2D eigenvalue weighted by Gasteiger charge is -2.38. The normalized spacial score (nSPS) is 27.4. The predicted octanol–water partition coefficient (Wildman–Crippen LogP) is -0.330. The lowest BCUT2D eigenvalue weighted by Crippen LogP contribution is -2.61. The molecule has 0 bridgehead atoms. The Bertz CT molecular complexity index is 242. The number of carbonyl (C=O) groups excluding carboxylic acids is 1. The molecule has 2 N–H and O–H groups in total. The van der Waals surface area contributed by atoms with Crippen LogP contribution < -0.4 is 5.32 Å². The molecule has 14 heavy (non-hydrogen) atoms. The van der Waals surface area contributed by atoms with Crippen LogP contribution in [0.2, 0.25) is 0 Å². The first-order valence-corrected chi connectivity index (χ1v) is 4.83. The minimum absolute atomic E-state index is 0.0188. The molecule has 1 amide bonds. The van der Waals surface area contributed by atoms with Crippen molar-refractivity contribution in [3.8, 4) is 0 Å². The second kappa shape index (κ2) is 4.41. The van der Waals surface area contributed by atoms with Crippen LogP contribution in [0.25, 0.3) is 0 Å². The second-order valence-electron chi connectivity index (χ2n) is 3.45. The Morgan fingerprint density at radius 3 is 2.71 bits per heavy atom. The van der Waals surface area contributed by atoms with Crippen LogP contribution in [0.5, 0.6) is 0 Å². The fraction of sp³-hybridized carbons (Fsp3) is 0.778. The summed E-state index contributed by atoms with van der Waals surface area (Å²) >= 11 is 0. The summed E-state index contributed by atoms with van der Waals surface area (Å²) in [5.41, 5.74) is 0. The Morgan fingerprint density at radius 2 is 2.21 bits per heavy atom. The minimum atomic E-state index is -0.897. The predicted molar refractivity (Wildman–Crippen MR) is 50.9 cm³/mol. The Hall–Kier alpha value is -1.10. The third kappa shape index (κ3) is 2.04. The van der Waals surface area contributed by atoms with Gasteiger partial charge in [-0.05, 0) is 6.92 Å². The van der Waals surface area contributed by atoms with E-state index < -0.39 is 12.0 Å². The molecule has 1 aliphatic rings. The largest absolute Gasteiger partial charge is 0.480 e. The van der Waals surface area contributed by atoms with Gasteiger partial charge in [0.15, 0.2) is 0 Å². The van der Waals surface area contributed by atoms with Crippen molar-refractivity contribution < 1.29 is 14.7 Å². The SMILES string of the molecule is CCC(=O)N1CCNC(C(=O)O)C1C. The molecule has 1 fully saturated rings. The Morgan fingerprint density at radius 1 is 1.57 bits per heavy atom. The zero-order valence-corrected chi connectivity index (χ0v) is 8.49. The molecule has 2 unspecified atom stereocenters. The fourth-order valence-electron chi connectivity index (χ4n) is 1.74. The molecule has 0 aliphatic carbocycles. The van der Waals surface area contributed by atoms with E-state index in [1.54, 1.807) is 18.7 Å². The zero-order chi connectivity index (χ0) is 10.7. The molecule has 0 spiro atoms. The highest BCUT2D eigenvalue weighted by Crippen LogP contribution is 2.10. The molecular formula is C9H16N2O3. The van der Waals surface area contributed by atoms with Gasteiger partial charge in [-0.25, -0.2) is 0 Å². The van der Waals surface area contributed by atoms with Crippen LogP contribution >= 0.6 is 0 Å². The van der Waals surface area contributed by atoms with Crippen molar-refractivity contribution in [3.05, 3.63) is 0 Å². The number of amides is 1. The molecule has 0 saturated carbocycles. The average Bonchev–Trinajstić information content (AvgIpc) is 2.16. The molecule has 1 rings (SSSR count). The van der Waals surface area contributed by atoms with Crippen molar-refractivity contribution in [3.63, 3.8) is 0 Å². The highest BCUT2D eigenvalue weighted by Gasteiger charge is 2.34. The number of rotatable bonds is 2. The number of nitrogens with one attached hydrogen (secondary N) is 1. The van der Waals surface area contributed by atoms with E-state index in [4.69, 9.17) is 5.11 Å². The smallest absolute Gasteiger partial charge is 0.322 e. The lowest BCUT2D eigenvalue weighted by molar-refractivity contribution is -0.145. The van der Waals surface area contributed by atoms with Crippen LogP contribution in [-0.2, 0) is 9.59 Å². The molecular weight excluding hydrogens is 184 g/mol. The van der Waals surface area contributed by atoms with Crippen LogP contribution in [0, 0.1) is 0 Å². The summed E-state index contributed by atoms with van der Waals surface area (Å²) in [7, 11) is 0. The second-order valence-corrected chi connectivity index (χ2v) is 3.45. The summed E-state index contributed by atoms with van der Waals surface area (Å²) in [6.45, 7) is 4.69. The van der Waals surface area contributed by atoms with Gasteiger partial charge in [0.05, 0.1) is 6.04 Å². The summed E-state index contributed by atoms with van der Waals surface area (Å²) < 4.78 is 0. The van der Waals surface area contributed by atoms with Crippen LogP contribution in [-0.4, -0.2) is 47.1 Å². The summed E-state index contributed by atoms with van der Waals surface area (Å²) in [5, 5.41) is 11.8. The number of piperazine rings is 1. The van der Waals surface area contributed by atoms with Gasteiger partial charge in [0.25, 0.3) is 0 Å². The average molecular weight is 200 g/mol. The van der Waals surface area contributed by atoms with E-state index in [1.807, 2.05) is 0 Å². The van der Waals surface area contributed by atoms with E-state index in [9.17, 15) is 9.59 Å². The first kappa shape index (κ1) is 11.0. The van der Waals surface area contributed by atoms with Crippen molar-refractivity contribution in [2.75, 3.05) is 13.1 Å². The molecule has 1 heterocycles. The van der Waals surface area contributed by atoms with E-state index >= 15 is 0 Å². The molecule has 1 aliphatic heterocycles. The summed E-state index contributed by atoms with van der Waals surface area (Å²) in [6.07, 6.45) is 0.427. The third-order valence-corrected chi connectivity index (χ3v) is 2.58. The molecule has 0 radical (unpaired) electrons. The van der Waals surface area contributed by atoms with Crippen LogP contribution in [0.4, 0.5) is 0 Å². The minimum Gasteiger partial charge on any atom is -0.480 e. The number of nitrogens with zero attached hydrogens (tertiary/aromatic N) is 1. The molecule has 1 saturated heterocycles. The monoisotopic (exact) mass is 200 g/mol. The first-order valence-electron chi connectivity index (χ1n) is 4.83. The highest BCUT2D eigenvalue weighted by molar-refractivity contribution is 5.79. The number of carboxylic acid groups (broad SMARTS) is 1. The van der Waals surface area contributed by atoms with Crippen LogP contribution in [0.15, 0.2) is 0 Å². The van der Waals surface area contributed by atoms with E-state index in [2.05, 4.69) is 5.32 Å².